The van der Waals surface area contributed by atoms with Gasteiger partial charge in [0, 0.05) is 38.1 Å². The number of para-hydroxylation sites is 3. The summed E-state index contributed by atoms with van der Waals surface area (Å²) in [6.45, 7) is 2.85. The molecule has 0 aliphatic carbocycles. The predicted molar refractivity (Wildman–Crippen MR) is 111 cm³/mol. The first-order chi connectivity index (χ1) is 13.6. The van der Waals surface area contributed by atoms with Crippen LogP contribution in [0.1, 0.15) is 13.8 Å². The smallest absolute Gasteiger partial charge is 0.164 e. The van der Waals surface area contributed by atoms with Crippen molar-refractivity contribution in [3.63, 3.8) is 0 Å². The Morgan fingerprint density at radius 1 is 0.931 bits per heavy atom. The number of fused-ring (bicyclic) bond motifs is 1. The number of carbonyl (C=O) groups excluding carboxylic acids is 1. The number of rotatable bonds is 3. The van der Waals surface area contributed by atoms with E-state index in [2.05, 4.69) is 27.8 Å². The van der Waals surface area contributed by atoms with Gasteiger partial charge < -0.3 is 5.11 Å². The number of aliphatic hydroxyl groups is 1. The van der Waals surface area contributed by atoms with Crippen molar-refractivity contribution in [2.75, 3.05) is 0 Å². The van der Waals surface area contributed by atoms with Gasteiger partial charge in [0.05, 0.1) is 16.8 Å². The average molecular weight is 564 g/mol. The monoisotopic (exact) mass is 564 g/mol. The number of ketones is 1. The standard InChI is InChI=1S/C18H13N3.C5H8O2.Ir/c1-2-8-14(9-3-1)21-17-12-5-4-10-15(17)20-18(21)16-11-6-7-13-19-16;1-4(6)3-5(2)7;/h1-13H;3,6H,1-2H3;. The number of carbonyl (C=O) groups is 1. The van der Waals surface area contributed by atoms with Crippen molar-refractivity contribution < 1.29 is 30.0 Å². The molecule has 4 aromatic rings. The molecule has 149 valence electrons. The molecule has 2 aromatic heterocycles. The van der Waals surface area contributed by atoms with E-state index in [1.54, 1.807) is 6.20 Å². The van der Waals surface area contributed by atoms with Crippen molar-refractivity contribution in [1.29, 1.82) is 0 Å². The van der Waals surface area contributed by atoms with E-state index in [0.717, 1.165) is 28.2 Å². The molecule has 2 aromatic carbocycles. The molecule has 29 heavy (non-hydrogen) atoms. The number of nitrogens with zero attached hydrogens (tertiary/aromatic N) is 3. The van der Waals surface area contributed by atoms with Crippen molar-refractivity contribution in [2.45, 2.75) is 13.8 Å². The molecular weight excluding hydrogens is 542 g/mol. The molecule has 0 spiro atoms. The van der Waals surface area contributed by atoms with E-state index < -0.39 is 0 Å². The van der Waals surface area contributed by atoms with Crippen molar-refractivity contribution in [3.8, 4) is 17.2 Å². The third-order valence-electron chi connectivity index (χ3n) is 3.88. The van der Waals surface area contributed by atoms with Gasteiger partial charge in [-0.2, -0.15) is 0 Å². The van der Waals surface area contributed by atoms with E-state index in [-0.39, 0.29) is 31.6 Å². The number of pyridine rings is 1. The van der Waals surface area contributed by atoms with Crippen molar-refractivity contribution in [1.82, 2.24) is 14.5 Å². The Morgan fingerprint density at radius 3 is 2.17 bits per heavy atom. The summed E-state index contributed by atoms with van der Waals surface area (Å²) in [6.07, 6.45) is 2.96. The fraction of sp³-hybridized carbons (Fsp3) is 0.0870. The zero-order valence-corrected chi connectivity index (χ0v) is 18.5. The van der Waals surface area contributed by atoms with Gasteiger partial charge in [0.1, 0.15) is 5.69 Å². The number of hydrogen-bond donors (Lipinski definition) is 1. The fourth-order valence-corrected chi connectivity index (χ4v) is 2.83. The van der Waals surface area contributed by atoms with Crippen LogP contribution in [0.4, 0.5) is 0 Å². The number of benzene rings is 2. The summed E-state index contributed by atoms with van der Waals surface area (Å²) in [6, 6.07) is 24.3. The quantitative estimate of drug-likeness (QED) is 0.278. The van der Waals surface area contributed by atoms with Gasteiger partial charge in [-0.05, 0) is 50.2 Å². The Kier molecular flexibility index (Phi) is 8.01. The minimum absolute atomic E-state index is 0. The third kappa shape index (κ3) is 5.70. The van der Waals surface area contributed by atoms with E-state index in [1.807, 2.05) is 54.6 Å². The van der Waals surface area contributed by atoms with Crippen LogP contribution in [0.2, 0.25) is 0 Å². The van der Waals surface area contributed by atoms with Crippen LogP contribution < -0.4 is 0 Å². The molecule has 0 aliphatic rings. The second kappa shape index (κ2) is 10.5. The van der Waals surface area contributed by atoms with Crippen molar-refractivity contribution in [2.24, 2.45) is 0 Å². The van der Waals surface area contributed by atoms with Gasteiger partial charge in [0.25, 0.3) is 0 Å². The van der Waals surface area contributed by atoms with Crippen LogP contribution in [0.3, 0.4) is 0 Å². The molecular formula is C23H21IrN3O2. The van der Waals surface area contributed by atoms with Crippen LogP contribution in [-0.4, -0.2) is 25.4 Å². The van der Waals surface area contributed by atoms with Crippen LogP contribution >= 0.6 is 0 Å². The normalized spacial score (nSPS) is 10.6. The summed E-state index contributed by atoms with van der Waals surface area (Å²) in [5, 5.41) is 8.36. The molecule has 0 unspecified atom stereocenters. The first-order valence-electron chi connectivity index (χ1n) is 8.88. The van der Waals surface area contributed by atoms with Gasteiger partial charge >= 0.3 is 0 Å². The molecule has 5 nitrogen and oxygen atoms in total. The first-order valence-corrected chi connectivity index (χ1v) is 8.88. The maximum atomic E-state index is 10.0. The van der Waals surface area contributed by atoms with Crippen molar-refractivity contribution >= 4 is 16.8 Å². The van der Waals surface area contributed by atoms with E-state index in [4.69, 9.17) is 10.1 Å². The molecule has 0 fully saturated rings. The van der Waals surface area contributed by atoms with Gasteiger partial charge in [-0.3, -0.25) is 14.3 Å². The number of imidazole rings is 1. The van der Waals surface area contributed by atoms with E-state index in [9.17, 15) is 4.79 Å². The first kappa shape index (κ1) is 22.2. The molecule has 0 saturated heterocycles. The van der Waals surface area contributed by atoms with Crippen LogP contribution in [0.25, 0.3) is 28.2 Å². The van der Waals surface area contributed by atoms with Gasteiger partial charge in [-0.25, -0.2) is 4.98 Å². The summed E-state index contributed by atoms with van der Waals surface area (Å²) in [4.78, 5) is 19.2. The maximum Gasteiger partial charge on any atom is 0.164 e. The summed E-state index contributed by atoms with van der Waals surface area (Å²) < 4.78 is 2.15. The molecule has 6 heteroatoms. The topological polar surface area (TPSA) is 68.0 Å². The molecule has 0 aliphatic heterocycles. The second-order valence-corrected chi connectivity index (χ2v) is 6.21. The molecule has 1 radical (unpaired) electrons. The van der Waals surface area contributed by atoms with Crippen LogP contribution in [0, 0.1) is 0 Å². The van der Waals surface area contributed by atoms with Gasteiger partial charge in [-0.15, -0.1) is 0 Å². The van der Waals surface area contributed by atoms with Gasteiger partial charge in [0.2, 0.25) is 0 Å². The number of hydrogen-bond acceptors (Lipinski definition) is 4. The molecule has 0 saturated carbocycles. The Morgan fingerprint density at radius 2 is 1.59 bits per heavy atom. The van der Waals surface area contributed by atoms with Crippen molar-refractivity contribution in [3.05, 3.63) is 90.8 Å². The largest absolute Gasteiger partial charge is 0.512 e. The van der Waals surface area contributed by atoms with Crippen LogP contribution in [-0.2, 0) is 24.9 Å². The number of aliphatic hydroxyl groups excluding tert-OH is 1. The fourth-order valence-electron chi connectivity index (χ4n) is 2.83. The second-order valence-electron chi connectivity index (χ2n) is 6.21. The van der Waals surface area contributed by atoms with Crippen LogP contribution in [0.15, 0.2) is 90.8 Å². The predicted octanol–water partition coefficient (Wildman–Crippen LogP) is 5.12. The minimum atomic E-state index is -0.125. The van der Waals surface area contributed by atoms with E-state index in [1.165, 1.54) is 19.9 Å². The Balaban J connectivity index is 0.000000327. The zero-order chi connectivity index (χ0) is 19.9. The molecule has 2 heterocycles. The molecule has 0 atom stereocenters. The SMILES string of the molecule is CC(=O)C=C(C)O.[Ir].c1ccc(-n2c(-c3ccccn3)nc3ccccc32)cc1. The molecule has 0 bridgehead atoms. The number of allylic oxidation sites excluding steroid dienone is 2. The number of aromatic nitrogens is 3. The zero-order valence-electron chi connectivity index (χ0n) is 16.1. The molecule has 0 amide bonds. The minimum Gasteiger partial charge on any atom is -0.512 e. The maximum absolute atomic E-state index is 10.0. The summed E-state index contributed by atoms with van der Waals surface area (Å²) in [5.74, 6) is 0.801. The van der Waals surface area contributed by atoms with Crippen LogP contribution in [0.5, 0.6) is 0 Å². The summed E-state index contributed by atoms with van der Waals surface area (Å²) >= 11 is 0. The van der Waals surface area contributed by atoms with Gasteiger partial charge in [-0.1, -0.05) is 36.4 Å². The summed E-state index contributed by atoms with van der Waals surface area (Å²) in [5.41, 5.74) is 4.02. The molecule has 1 N–H and O–H groups in total. The Hall–Kier alpha value is -3.08. The van der Waals surface area contributed by atoms with Gasteiger partial charge in [0.15, 0.2) is 11.6 Å². The van der Waals surface area contributed by atoms with E-state index in [0.29, 0.717) is 0 Å². The third-order valence-corrected chi connectivity index (χ3v) is 3.88. The molecule has 4 rings (SSSR count). The van der Waals surface area contributed by atoms with E-state index >= 15 is 0 Å². The Bertz CT molecular complexity index is 1100. The summed E-state index contributed by atoms with van der Waals surface area (Å²) in [7, 11) is 0. The Labute approximate surface area is 183 Å². The average Bonchev–Trinajstić information content (AvgIpc) is 3.08.